The van der Waals surface area contributed by atoms with Crippen LogP contribution in [0, 0.1) is 0 Å². The van der Waals surface area contributed by atoms with Crippen molar-refractivity contribution in [3.8, 4) is 22.3 Å². The topological polar surface area (TPSA) is 6.48 Å². The minimum Gasteiger partial charge on any atom is -0.310 e. The predicted octanol–water partition coefficient (Wildman–Crippen LogP) is 19.5. The molecule has 0 saturated heterocycles. The Morgan fingerprint density at radius 1 is 0.370 bits per heavy atom. The summed E-state index contributed by atoms with van der Waals surface area (Å²) in [5, 5.41) is 12.4. The zero-order valence-electron chi connectivity index (χ0n) is 44.7. The first-order valence-corrected chi connectivity index (χ1v) is 28.4. The van der Waals surface area contributed by atoms with Crippen molar-refractivity contribution < 1.29 is 0 Å². The minimum atomic E-state index is -0.693. The van der Waals surface area contributed by atoms with Crippen LogP contribution in [0.15, 0.2) is 297 Å². The largest absolute Gasteiger partial charge is 0.310 e. The van der Waals surface area contributed by atoms with Crippen molar-refractivity contribution in [3.05, 3.63) is 336 Å². The number of allylic oxidation sites excluding steroid dienone is 4. The Bertz CT molecular complexity index is 4710. The maximum absolute atomic E-state index is 2.57. The highest BCUT2D eigenvalue weighted by molar-refractivity contribution is 6.13. The van der Waals surface area contributed by atoms with Crippen molar-refractivity contribution in [1.82, 2.24) is 0 Å². The summed E-state index contributed by atoms with van der Waals surface area (Å²) in [4.78, 5) is 4.96. The van der Waals surface area contributed by atoms with Gasteiger partial charge in [0, 0.05) is 22.1 Å². The number of para-hydroxylation sites is 2. The van der Waals surface area contributed by atoms with Gasteiger partial charge in [-0.25, -0.2) is 0 Å². The maximum atomic E-state index is 2.57. The average Bonchev–Trinajstić information content (AvgIpc) is 2.78. The van der Waals surface area contributed by atoms with Gasteiger partial charge in [-0.05, 0) is 178 Å². The van der Waals surface area contributed by atoms with E-state index in [-0.39, 0.29) is 0 Å². The maximum Gasteiger partial charge on any atom is 0.0754 e. The number of benzene rings is 13. The molecule has 0 atom stereocenters. The minimum absolute atomic E-state index is 0.693. The first kappa shape index (κ1) is 46.8. The van der Waals surface area contributed by atoms with Crippen LogP contribution in [0.2, 0.25) is 0 Å². The molecule has 2 aliphatic carbocycles. The van der Waals surface area contributed by atoms with Gasteiger partial charge in [-0.3, -0.25) is 0 Å². The van der Waals surface area contributed by atoms with E-state index in [2.05, 4.69) is 313 Å². The molecule has 0 fully saturated rings. The van der Waals surface area contributed by atoms with E-state index in [1.807, 2.05) is 0 Å². The summed E-state index contributed by atoms with van der Waals surface area (Å²) >= 11 is 0. The third kappa shape index (κ3) is 7.34. The van der Waals surface area contributed by atoms with Crippen molar-refractivity contribution in [1.29, 1.82) is 0 Å². The van der Waals surface area contributed by atoms with Crippen LogP contribution >= 0.6 is 0 Å². The Morgan fingerprint density at radius 3 is 1.52 bits per heavy atom. The molecule has 3 aliphatic rings. The quantitative estimate of drug-likeness (QED) is 0.153. The lowest BCUT2D eigenvalue weighted by atomic mass is 9.64. The number of hydrogen-bond acceptors (Lipinski definition) is 2. The zero-order chi connectivity index (χ0) is 53.4. The van der Waals surface area contributed by atoms with Crippen LogP contribution in [0.3, 0.4) is 0 Å². The van der Waals surface area contributed by atoms with E-state index >= 15 is 0 Å². The zero-order valence-corrected chi connectivity index (χ0v) is 44.7. The second-order valence-electron chi connectivity index (χ2n) is 21.7. The summed E-state index contributed by atoms with van der Waals surface area (Å²) in [6, 6.07) is 102. The van der Waals surface area contributed by atoms with Crippen LogP contribution < -0.4 is 20.2 Å². The lowest BCUT2D eigenvalue weighted by Gasteiger charge is -2.45. The number of hydrogen-bond donors (Lipinski definition) is 0. The van der Waals surface area contributed by atoms with Crippen LogP contribution in [-0.2, 0) is 5.41 Å². The van der Waals surface area contributed by atoms with Crippen molar-refractivity contribution in [2.45, 2.75) is 18.3 Å². The number of fused-ring (bicyclic) bond motifs is 14. The van der Waals surface area contributed by atoms with E-state index in [1.165, 1.54) is 109 Å². The van der Waals surface area contributed by atoms with E-state index in [4.69, 9.17) is 0 Å². The normalized spacial score (nSPS) is 15.8. The van der Waals surface area contributed by atoms with Gasteiger partial charge in [-0.15, -0.1) is 0 Å². The molecule has 0 N–H and O–H groups in total. The molecule has 0 bridgehead atoms. The fourth-order valence-corrected chi connectivity index (χ4v) is 14.0. The molecular formula is C79H54N2. The van der Waals surface area contributed by atoms with Crippen LogP contribution in [0.1, 0.15) is 40.7 Å². The van der Waals surface area contributed by atoms with Gasteiger partial charge in [0.15, 0.2) is 0 Å². The second-order valence-corrected chi connectivity index (χ2v) is 21.7. The highest BCUT2D eigenvalue weighted by atomic mass is 15.2. The number of anilines is 6. The van der Waals surface area contributed by atoms with Crippen molar-refractivity contribution in [2.24, 2.45) is 0 Å². The predicted molar refractivity (Wildman–Crippen MR) is 342 cm³/mol. The lowest BCUT2D eigenvalue weighted by molar-refractivity contribution is 0.752. The molecule has 1 heterocycles. The monoisotopic (exact) mass is 1030 g/mol. The molecule has 0 saturated carbocycles. The first-order chi connectivity index (χ1) is 40.2. The summed E-state index contributed by atoms with van der Waals surface area (Å²) in [5.74, 6) is 0. The van der Waals surface area contributed by atoms with Gasteiger partial charge in [0.05, 0.1) is 28.2 Å². The summed E-state index contributed by atoms with van der Waals surface area (Å²) in [6.45, 7) is 0. The molecule has 13 aromatic rings. The standard InChI is InChI=1S/C79H54N2/c1-2-4-22-53-23-6-11-31-62(53)63(30-5-3-1)58-42-48-68-69-49-43-59(78-66-34-14-9-26-56(66)50-57-27-10-15-35-67(57)78)52-73(69)79(72(68)51-58)70-36-16-18-38-76(70)81(77-39-19-17-37-71(77)79)61-46-44-60(45-47-61)80(74-40-20-28-54-24-7-12-32-64(54)74)75-41-21-29-55-25-8-13-33-65(55)75/h1-3,5-29,31-52H,4,30H2/b2-1-,5-3-,53-22-,63-62+. The SMILES string of the molecule is C1=C\C/C=c2/cccc/c2=C(\c2ccc3c(c2)C2(c4cc(-c5c6ccccc6cc6ccccc56)ccc4-3)c3ccccc3N(c3ccc(N(c4cccc5ccccc45)c4cccc5ccccc45)cc3)c3ccccc32)C\C=C/1. The van der Waals surface area contributed by atoms with E-state index < -0.39 is 5.41 Å². The summed E-state index contributed by atoms with van der Waals surface area (Å²) in [5.41, 5.74) is 18.8. The van der Waals surface area contributed by atoms with Gasteiger partial charge >= 0.3 is 0 Å². The highest BCUT2D eigenvalue weighted by Crippen LogP contribution is 2.64. The van der Waals surface area contributed by atoms with Gasteiger partial charge in [0.1, 0.15) is 0 Å². The van der Waals surface area contributed by atoms with Gasteiger partial charge in [-0.1, -0.05) is 237 Å². The first-order valence-electron chi connectivity index (χ1n) is 28.4. The van der Waals surface area contributed by atoms with Crippen molar-refractivity contribution in [2.75, 3.05) is 9.80 Å². The summed E-state index contributed by atoms with van der Waals surface area (Å²) < 4.78 is 0. The Morgan fingerprint density at radius 2 is 0.877 bits per heavy atom. The molecule has 1 spiro atoms. The Hall–Kier alpha value is -10.3. The van der Waals surface area contributed by atoms with E-state index in [0.717, 1.165) is 47.0 Å². The van der Waals surface area contributed by atoms with Gasteiger partial charge in [0.25, 0.3) is 0 Å². The Balaban J connectivity index is 0.935. The van der Waals surface area contributed by atoms with Gasteiger partial charge < -0.3 is 9.80 Å². The number of nitrogens with zero attached hydrogens (tertiary/aromatic N) is 2. The molecule has 2 nitrogen and oxygen atoms in total. The van der Waals surface area contributed by atoms with Gasteiger partial charge in [-0.2, -0.15) is 0 Å². The van der Waals surface area contributed by atoms with Crippen LogP contribution in [-0.4, -0.2) is 0 Å². The van der Waals surface area contributed by atoms with E-state index in [0.29, 0.717) is 0 Å². The third-order valence-electron chi connectivity index (χ3n) is 17.5. The van der Waals surface area contributed by atoms with Gasteiger partial charge in [0.2, 0.25) is 0 Å². The highest BCUT2D eigenvalue weighted by Gasteiger charge is 2.52. The molecular weight excluding hydrogens is 977 g/mol. The Labute approximate surface area is 472 Å². The van der Waals surface area contributed by atoms with Crippen LogP contribution in [0.5, 0.6) is 0 Å². The fourth-order valence-electron chi connectivity index (χ4n) is 14.0. The molecule has 0 radical (unpaired) electrons. The second kappa shape index (κ2) is 19.0. The molecule has 1 aliphatic heterocycles. The van der Waals surface area contributed by atoms with E-state index in [1.54, 1.807) is 0 Å². The molecule has 16 rings (SSSR count). The summed E-state index contributed by atoms with van der Waals surface area (Å²) in [6.07, 6.45) is 13.0. The lowest BCUT2D eigenvalue weighted by Crippen LogP contribution is -2.36. The van der Waals surface area contributed by atoms with Crippen molar-refractivity contribution >= 4 is 88.9 Å². The van der Waals surface area contributed by atoms with E-state index in [9.17, 15) is 0 Å². The third-order valence-corrected chi connectivity index (χ3v) is 17.5. The van der Waals surface area contributed by atoms with Crippen molar-refractivity contribution in [3.63, 3.8) is 0 Å². The molecule has 0 amide bonds. The molecule has 2 heteroatoms. The average molecular weight is 1030 g/mol. The smallest absolute Gasteiger partial charge is 0.0754 e. The molecule has 380 valence electrons. The summed E-state index contributed by atoms with van der Waals surface area (Å²) in [7, 11) is 0. The molecule has 0 aromatic heterocycles. The number of rotatable bonds is 6. The molecule has 81 heavy (non-hydrogen) atoms. The van der Waals surface area contributed by atoms with Crippen LogP contribution in [0.4, 0.5) is 34.1 Å². The Kier molecular flexibility index (Phi) is 11.0. The van der Waals surface area contributed by atoms with Crippen LogP contribution in [0.25, 0.3) is 77.0 Å². The fraction of sp³-hybridized carbons (Fsp3) is 0.0380. The molecule has 13 aromatic carbocycles. The molecule has 0 unspecified atom stereocenters.